The molecular weight excluding hydrogens is 357 g/mol. The van der Waals surface area contributed by atoms with Gasteiger partial charge in [0, 0.05) is 16.3 Å². The first-order valence-corrected chi connectivity index (χ1v) is 7.78. The van der Waals surface area contributed by atoms with Crippen molar-refractivity contribution in [2.24, 2.45) is 0 Å². The van der Waals surface area contributed by atoms with Crippen LogP contribution in [0.5, 0.6) is 0 Å². The Labute approximate surface area is 147 Å². The van der Waals surface area contributed by atoms with Gasteiger partial charge in [0.2, 0.25) is 0 Å². The van der Waals surface area contributed by atoms with E-state index >= 15 is 0 Å². The lowest BCUT2D eigenvalue weighted by atomic mass is 10.2. The van der Waals surface area contributed by atoms with Gasteiger partial charge in [0.1, 0.15) is 5.76 Å². The van der Waals surface area contributed by atoms with Crippen LogP contribution in [0.2, 0.25) is 15.1 Å². The van der Waals surface area contributed by atoms with Crippen LogP contribution in [0.4, 0.5) is 5.69 Å². The van der Waals surface area contributed by atoms with E-state index in [2.05, 4.69) is 5.32 Å². The Kier molecular flexibility index (Phi) is 4.62. The second-order valence-corrected chi connectivity index (χ2v) is 6.00. The second-order valence-electron chi connectivity index (χ2n) is 4.75. The largest absolute Gasteiger partial charge is 0.451 e. The molecule has 0 spiro atoms. The van der Waals surface area contributed by atoms with Crippen LogP contribution in [0.15, 0.2) is 59.0 Å². The Morgan fingerprint density at radius 3 is 2.30 bits per heavy atom. The molecule has 3 nitrogen and oxygen atoms in total. The Morgan fingerprint density at radius 1 is 0.870 bits per heavy atom. The summed E-state index contributed by atoms with van der Waals surface area (Å²) in [5, 5.41) is 4.13. The number of carbonyl (C=O) groups excluding carboxylic acids is 1. The van der Waals surface area contributed by atoms with Gasteiger partial charge >= 0.3 is 0 Å². The van der Waals surface area contributed by atoms with Crippen LogP contribution in [-0.2, 0) is 0 Å². The zero-order valence-corrected chi connectivity index (χ0v) is 13.9. The summed E-state index contributed by atoms with van der Waals surface area (Å²) in [6.45, 7) is 0. The number of nitrogens with one attached hydrogen (secondary N) is 1. The molecule has 0 aliphatic carbocycles. The minimum Gasteiger partial charge on any atom is -0.451 e. The van der Waals surface area contributed by atoms with Crippen LogP contribution >= 0.6 is 34.8 Å². The van der Waals surface area contributed by atoms with Gasteiger partial charge in [0.25, 0.3) is 5.91 Å². The topological polar surface area (TPSA) is 42.2 Å². The number of hydrogen-bond donors (Lipinski definition) is 1. The smallest absolute Gasteiger partial charge is 0.291 e. The number of rotatable bonds is 3. The highest BCUT2D eigenvalue weighted by Crippen LogP contribution is 2.27. The van der Waals surface area contributed by atoms with Gasteiger partial charge in [-0.25, -0.2) is 0 Å². The first-order chi connectivity index (χ1) is 11.0. The Bertz CT molecular complexity index is 857. The molecule has 0 saturated heterocycles. The van der Waals surface area contributed by atoms with E-state index in [4.69, 9.17) is 39.2 Å². The lowest BCUT2D eigenvalue weighted by Gasteiger charge is -2.04. The molecule has 0 unspecified atom stereocenters. The number of amides is 1. The van der Waals surface area contributed by atoms with Crippen LogP contribution in [0.3, 0.4) is 0 Å². The van der Waals surface area contributed by atoms with Crippen molar-refractivity contribution in [2.75, 3.05) is 5.32 Å². The standard InChI is InChI=1S/C17H10Cl3NO2/c18-11-3-1-10(2-4-11)15-7-8-16(23-15)17(22)21-12-5-6-13(19)14(20)9-12/h1-9H,(H,21,22). The number of furan rings is 1. The number of benzene rings is 2. The van der Waals surface area contributed by atoms with Gasteiger partial charge in [-0.3, -0.25) is 4.79 Å². The molecule has 23 heavy (non-hydrogen) atoms. The molecule has 1 N–H and O–H groups in total. The third-order valence-electron chi connectivity index (χ3n) is 3.14. The van der Waals surface area contributed by atoms with Crippen LogP contribution in [-0.4, -0.2) is 5.91 Å². The highest BCUT2D eigenvalue weighted by Gasteiger charge is 2.13. The summed E-state index contributed by atoms with van der Waals surface area (Å²) in [6.07, 6.45) is 0. The Hall–Kier alpha value is -1.94. The molecule has 0 atom stereocenters. The molecule has 3 rings (SSSR count). The number of hydrogen-bond acceptors (Lipinski definition) is 2. The first-order valence-electron chi connectivity index (χ1n) is 6.65. The van der Waals surface area contributed by atoms with Gasteiger partial charge in [0.05, 0.1) is 10.0 Å². The summed E-state index contributed by atoms with van der Waals surface area (Å²) in [6, 6.07) is 15.3. The van der Waals surface area contributed by atoms with Gasteiger partial charge in [-0.15, -0.1) is 0 Å². The molecule has 0 fully saturated rings. The monoisotopic (exact) mass is 365 g/mol. The highest BCUT2D eigenvalue weighted by molar-refractivity contribution is 6.42. The van der Waals surface area contributed by atoms with E-state index in [0.29, 0.717) is 26.5 Å². The fourth-order valence-corrected chi connectivity index (χ4v) is 2.42. The molecule has 0 bridgehead atoms. The van der Waals surface area contributed by atoms with Crippen molar-refractivity contribution in [1.29, 1.82) is 0 Å². The molecule has 1 aromatic heterocycles. The molecule has 6 heteroatoms. The number of halogens is 3. The predicted molar refractivity (Wildman–Crippen MR) is 93.6 cm³/mol. The van der Waals surface area contributed by atoms with Crippen LogP contribution in [0.25, 0.3) is 11.3 Å². The van der Waals surface area contributed by atoms with E-state index in [0.717, 1.165) is 5.56 Å². The van der Waals surface area contributed by atoms with Gasteiger partial charge in [0.15, 0.2) is 5.76 Å². The average molecular weight is 367 g/mol. The fourth-order valence-electron chi connectivity index (χ4n) is 2.00. The first kappa shape index (κ1) is 15.9. The van der Waals surface area contributed by atoms with Gasteiger partial charge in [-0.05, 0) is 54.6 Å². The zero-order chi connectivity index (χ0) is 16.4. The minimum atomic E-state index is -0.372. The second kappa shape index (κ2) is 6.67. The van der Waals surface area contributed by atoms with Crippen molar-refractivity contribution in [3.8, 4) is 11.3 Å². The summed E-state index contributed by atoms with van der Waals surface area (Å²) >= 11 is 17.6. The molecule has 0 radical (unpaired) electrons. The quantitative estimate of drug-likeness (QED) is 0.603. The molecule has 1 amide bonds. The lowest BCUT2D eigenvalue weighted by Crippen LogP contribution is -2.10. The van der Waals surface area contributed by atoms with Crippen LogP contribution in [0.1, 0.15) is 10.6 Å². The van der Waals surface area contributed by atoms with E-state index in [-0.39, 0.29) is 11.7 Å². The molecular formula is C17H10Cl3NO2. The summed E-state index contributed by atoms with van der Waals surface area (Å²) in [4.78, 5) is 12.2. The van der Waals surface area contributed by atoms with Gasteiger partial charge in [-0.2, -0.15) is 0 Å². The molecule has 0 aliphatic heterocycles. The molecule has 0 aliphatic rings. The molecule has 2 aromatic carbocycles. The van der Waals surface area contributed by atoms with Crippen molar-refractivity contribution >= 4 is 46.4 Å². The van der Waals surface area contributed by atoms with Gasteiger partial charge < -0.3 is 9.73 Å². The van der Waals surface area contributed by atoms with E-state index in [1.54, 1.807) is 42.5 Å². The van der Waals surface area contributed by atoms with Crippen molar-refractivity contribution < 1.29 is 9.21 Å². The third kappa shape index (κ3) is 3.70. The van der Waals surface area contributed by atoms with Crippen molar-refractivity contribution in [3.05, 3.63) is 75.4 Å². The van der Waals surface area contributed by atoms with E-state index in [1.165, 1.54) is 0 Å². The van der Waals surface area contributed by atoms with E-state index < -0.39 is 0 Å². The third-order valence-corrected chi connectivity index (χ3v) is 4.13. The van der Waals surface area contributed by atoms with Crippen molar-refractivity contribution in [2.45, 2.75) is 0 Å². The Morgan fingerprint density at radius 2 is 1.61 bits per heavy atom. The summed E-state index contributed by atoms with van der Waals surface area (Å²) in [5.41, 5.74) is 1.37. The molecule has 0 saturated carbocycles. The fraction of sp³-hybridized carbons (Fsp3) is 0. The maximum Gasteiger partial charge on any atom is 0.291 e. The molecule has 1 heterocycles. The SMILES string of the molecule is O=C(Nc1ccc(Cl)c(Cl)c1)c1ccc(-c2ccc(Cl)cc2)o1. The Balaban J connectivity index is 1.78. The predicted octanol–water partition coefficient (Wildman–Crippen LogP) is 6.16. The van der Waals surface area contributed by atoms with E-state index in [9.17, 15) is 4.79 Å². The van der Waals surface area contributed by atoms with Crippen molar-refractivity contribution in [1.82, 2.24) is 0 Å². The van der Waals surface area contributed by atoms with Crippen molar-refractivity contribution in [3.63, 3.8) is 0 Å². The number of carbonyl (C=O) groups is 1. The van der Waals surface area contributed by atoms with Gasteiger partial charge in [-0.1, -0.05) is 34.8 Å². The summed E-state index contributed by atoms with van der Waals surface area (Å²) < 4.78 is 5.58. The number of anilines is 1. The maximum atomic E-state index is 12.2. The summed E-state index contributed by atoms with van der Waals surface area (Å²) in [5.74, 6) is 0.408. The van der Waals surface area contributed by atoms with Crippen LogP contribution < -0.4 is 5.32 Å². The summed E-state index contributed by atoms with van der Waals surface area (Å²) in [7, 11) is 0. The zero-order valence-electron chi connectivity index (χ0n) is 11.6. The normalized spacial score (nSPS) is 10.6. The minimum absolute atomic E-state index is 0.195. The maximum absolute atomic E-state index is 12.2. The van der Waals surface area contributed by atoms with Crippen LogP contribution in [0, 0.1) is 0 Å². The average Bonchev–Trinajstić information content (AvgIpc) is 3.02. The molecule has 3 aromatic rings. The lowest BCUT2D eigenvalue weighted by molar-refractivity contribution is 0.0997. The molecule has 116 valence electrons. The highest BCUT2D eigenvalue weighted by atomic mass is 35.5. The van der Waals surface area contributed by atoms with E-state index in [1.807, 2.05) is 12.1 Å².